The van der Waals surface area contributed by atoms with E-state index in [-0.39, 0.29) is 11.6 Å². The van der Waals surface area contributed by atoms with E-state index >= 15 is 0 Å². The number of nitro groups is 1. The number of rotatable bonds is 4. The Morgan fingerprint density at radius 1 is 1.38 bits per heavy atom. The van der Waals surface area contributed by atoms with Gasteiger partial charge < -0.3 is 9.84 Å². The molecule has 1 aromatic heterocycles. The molecule has 0 saturated heterocycles. The lowest BCUT2D eigenvalue weighted by Gasteiger charge is -2.06. The lowest BCUT2D eigenvalue weighted by molar-refractivity contribution is -0.385. The van der Waals surface area contributed by atoms with Gasteiger partial charge >= 0.3 is 5.97 Å². The van der Waals surface area contributed by atoms with Crippen LogP contribution in [-0.4, -0.2) is 21.0 Å². The summed E-state index contributed by atoms with van der Waals surface area (Å²) in [7, 11) is 0. The van der Waals surface area contributed by atoms with Crippen molar-refractivity contribution in [3.05, 3.63) is 57.8 Å². The van der Waals surface area contributed by atoms with Gasteiger partial charge in [-0.15, -0.1) is 0 Å². The minimum Gasteiger partial charge on any atom is -0.477 e. The molecular weight excluding hydrogens is 278 g/mol. The Hall–Kier alpha value is -3.47. The number of carbonyl (C=O) groups is 1. The zero-order valence-corrected chi connectivity index (χ0v) is 10.4. The number of aromatic nitrogens is 1. The molecule has 0 saturated carbocycles. The van der Waals surface area contributed by atoms with Gasteiger partial charge in [0, 0.05) is 24.4 Å². The number of pyridine rings is 1. The summed E-state index contributed by atoms with van der Waals surface area (Å²) in [5, 5.41) is 28.5. The van der Waals surface area contributed by atoms with Gasteiger partial charge in [-0.3, -0.25) is 10.1 Å². The molecule has 0 aliphatic carbocycles. The SMILES string of the molecule is N#Cc1ccnc(Oc2ccc([N+](=O)[O-])c(C(=O)O)c2)c1. The fraction of sp³-hybridized carbons (Fsp3) is 0. The van der Waals surface area contributed by atoms with Crippen LogP contribution in [0.3, 0.4) is 0 Å². The third-order valence-electron chi connectivity index (χ3n) is 2.48. The summed E-state index contributed by atoms with van der Waals surface area (Å²) in [6, 6.07) is 8.06. The van der Waals surface area contributed by atoms with Crippen LogP contribution in [0, 0.1) is 21.4 Å². The molecule has 8 heteroatoms. The van der Waals surface area contributed by atoms with Gasteiger partial charge in [-0.25, -0.2) is 9.78 Å². The Balaban J connectivity index is 2.37. The Bertz CT molecular complexity index is 767. The van der Waals surface area contributed by atoms with E-state index in [1.165, 1.54) is 24.4 Å². The van der Waals surface area contributed by atoms with Crippen LogP contribution in [-0.2, 0) is 0 Å². The van der Waals surface area contributed by atoms with Crippen LogP contribution < -0.4 is 4.74 Å². The van der Waals surface area contributed by atoms with Crippen LogP contribution in [0.15, 0.2) is 36.5 Å². The summed E-state index contributed by atoms with van der Waals surface area (Å²) in [5.41, 5.74) is -0.706. The van der Waals surface area contributed by atoms with Gasteiger partial charge in [-0.2, -0.15) is 5.26 Å². The molecular formula is C13H7N3O5. The first-order valence-corrected chi connectivity index (χ1v) is 5.57. The van der Waals surface area contributed by atoms with Gasteiger partial charge in [0.25, 0.3) is 5.69 Å². The van der Waals surface area contributed by atoms with Crippen LogP contribution in [0.5, 0.6) is 11.6 Å². The van der Waals surface area contributed by atoms with E-state index in [4.69, 9.17) is 15.1 Å². The van der Waals surface area contributed by atoms with E-state index in [1.807, 2.05) is 6.07 Å². The van der Waals surface area contributed by atoms with E-state index < -0.39 is 22.1 Å². The average molecular weight is 285 g/mol. The van der Waals surface area contributed by atoms with Crippen LogP contribution in [0.2, 0.25) is 0 Å². The van der Waals surface area contributed by atoms with E-state index in [0.29, 0.717) is 5.56 Å². The molecule has 0 fully saturated rings. The fourth-order valence-electron chi connectivity index (χ4n) is 1.56. The smallest absolute Gasteiger partial charge is 0.342 e. The first kappa shape index (κ1) is 14.0. The minimum atomic E-state index is -1.44. The molecule has 0 aliphatic rings. The van der Waals surface area contributed by atoms with Crippen molar-refractivity contribution in [3.63, 3.8) is 0 Å². The van der Waals surface area contributed by atoms with Crippen LogP contribution in [0.1, 0.15) is 15.9 Å². The van der Waals surface area contributed by atoms with E-state index in [2.05, 4.69) is 4.98 Å². The van der Waals surface area contributed by atoms with Crippen LogP contribution in [0.25, 0.3) is 0 Å². The summed E-state index contributed by atoms with van der Waals surface area (Å²) in [6.07, 6.45) is 1.36. The highest BCUT2D eigenvalue weighted by Crippen LogP contribution is 2.27. The maximum absolute atomic E-state index is 11.0. The highest BCUT2D eigenvalue weighted by Gasteiger charge is 2.20. The van der Waals surface area contributed by atoms with Crippen LogP contribution in [0.4, 0.5) is 5.69 Å². The Morgan fingerprint density at radius 2 is 2.14 bits per heavy atom. The summed E-state index contributed by atoms with van der Waals surface area (Å²) >= 11 is 0. The molecule has 21 heavy (non-hydrogen) atoms. The zero-order chi connectivity index (χ0) is 15.4. The van der Waals surface area contributed by atoms with Crippen LogP contribution >= 0.6 is 0 Å². The number of ether oxygens (including phenoxy) is 1. The number of aromatic carboxylic acids is 1. The molecule has 1 N–H and O–H groups in total. The van der Waals surface area contributed by atoms with Gasteiger partial charge in [0.1, 0.15) is 11.3 Å². The predicted molar refractivity (Wildman–Crippen MR) is 69.1 cm³/mol. The molecule has 2 aromatic rings. The fourth-order valence-corrected chi connectivity index (χ4v) is 1.56. The summed E-state index contributed by atoms with van der Waals surface area (Å²) < 4.78 is 5.30. The highest BCUT2D eigenvalue weighted by atomic mass is 16.6. The molecule has 0 bridgehead atoms. The van der Waals surface area contributed by atoms with Crippen molar-refractivity contribution in [2.24, 2.45) is 0 Å². The summed E-state index contributed by atoms with van der Waals surface area (Å²) in [5.74, 6) is -1.29. The lowest BCUT2D eigenvalue weighted by atomic mass is 10.1. The Morgan fingerprint density at radius 3 is 2.76 bits per heavy atom. The van der Waals surface area contributed by atoms with Crippen molar-refractivity contribution in [1.29, 1.82) is 5.26 Å². The average Bonchev–Trinajstić information content (AvgIpc) is 2.47. The molecule has 0 spiro atoms. The maximum Gasteiger partial charge on any atom is 0.342 e. The van der Waals surface area contributed by atoms with Crippen molar-refractivity contribution < 1.29 is 19.6 Å². The molecule has 0 amide bonds. The quantitative estimate of drug-likeness (QED) is 0.674. The second-order valence-electron chi connectivity index (χ2n) is 3.84. The molecule has 0 radical (unpaired) electrons. The molecule has 0 aliphatic heterocycles. The van der Waals surface area contributed by atoms with Gasteiger partial charge in [0.2, 0.25) is 5.88 Å². The second kappa shape index (κ2) is 5.66. The Kier molecular flexibility index (Phi) is 3.76. The number of nitriles is 1. The number of benzene rings is 1. The van der Waals surface area contributed by atoms with E-state index in [1.54, 1.807) is 0 Å². The van der Waals surface area contributed by atoms with Crippen molar-refractivity contribution in [2.75, 3.05) is 0 Å². The molecule has 0 unspecified atom stereocenters. The third-order valence-corrected chi connectivity index (χ3v) is 2.48. The molecule has 1 heterocycles. The standard InChI is InChI=1S/C13H7N3O5/c14-7-8-3-4-15-12(5-8)21-9-1-2-11(16(19)20)10(6-9)13(17)18/h1-6H,(H,17,18). The maximum atomic E-state index is 11.0. The number of nitrogens with zero attached hydrogens (tertiary/aromatic N) is 3. The normalized spacial score (nSPS) is 9.67. The van der Waals surface area contributed by atoms with Crippen molar-refractivity contribution in [1.82, 2.24) is 4.98 Å². The van der Waals surface area contributed by atoms with Crippen molar-refractivity contribution in [3.8, 4) is 17.7 Å². The largest absolute Gasteiger partial charge is 0.477 e. The van der Waals surface area contributed by atoms with Gasteiger partial charge in [-0.05, 0) is 12.1 Å². The molecule has 1 aromatic carbocycles. The molecule has 8 nitrogen and oxygen atoms in total. The molecule has 0 atom stereocenters. The number of carboxylic acids is 1. The lowest BCUT2D eigenvalue weighted by Crippen LogP contribution is -2.03. The first-order valence-electron chi connectivity index (χ1n) is 5.57. The molecule has 104 valence electrons. The monoisotopic (exact) mass is 285 g/mol. The van der Waals surface area contributed by atoms with Crippen molar-refractivity contribution >= 4 is 11.7 Å². The third kappa shape index (κ3) is 3.10. The van der Waals surface area contributed by atoms with Gasteiger partial charge in [-0.1, -0.05) is 0 Å². The Labute approximate surface area is 118 Å². The number of hydrogen-bond donors (Lipinski definition) is 1. The highest BCUT2D eigenvalue weighted by molar-refractivity contribution is 5.92. The number of hydrogen-bond acceptors (Lipinski definition) is 6. The minimum absolute atomic E-state index is 0.0700. The topological polar surface area (TPSA) is 126 Å². The first-order chi connectivity index (χ1) is 10.0. The van der Waals surface area contributed by atoms with E-state index in [9.17, 15) is 14.9 Å². The van der Waals surface area contributed by atoms with E-state index in [0.717, 1.165) is 12.1 Å². The summed E-state index contributed by atoms with van der Waals surface area (Å²) in [6.45, 7) is 0. The van der Waals surface area contributed by atoms with Gasteiger partial charge in [0.15, 0.2) is 0 Å². The van der Waals surface area contributed by atoms with Gasteiger partial charge in [0.05, 0.1) is 16.6 Å². The number of carboxylic acid groups (broad SMARTS) is 1. The number of nitro benzene ring substituents is 1. The summed E-state index contributed by atoms with van der Waals surface area (Å²) in [4.78, 5) is 24.8. The predicted octanol–water partition coefficient (Wildman–Crippen LogP) is 2.35. The zero-order valence-electron chi connectivity index (χ0n) is 10.4. The molecule has 2 rings (SSSR count). The van der Waals surface area contributed by atoms with Crippen molar-refractivity contribution in [2.45, 2.75) is 0 Å². The second-order valence-corrected chi connectivity index (χ2v) is 3.84.